The lowest BCUT2D eigenvalue weighted by atomic mass is 9.84. The second kappa shape index (κ2) is 13.2. The number of sulfonamides is 1. The van der Waals surface area contributed by atoms with Gasteiger partial charge in [0.05, 0.1) is 9.90 Å². The summed E-state index contributed by atoms with van der Waals surface area (Å²) in [6.45, 7) is 0.355. The largest absolute Gasteiger partial charge is 0.354 e. The van der Waals surface area contributed by atoms with E-state index in [1.807, 2.05) is 30.3 Å². The van der Waals surface area contributed by atoms with Crippen LogP contribution in [0.2, 0.25) is 5.02 Å². The first-order chi connectivity index (χ1) is 18.6. The number of nitrogens with zero attached hydrogens (tertiary/aromatic N) is 1. The van der Waals surface area contributed by atoms with Crippen LogP contribution in [0.3, 0.4) is 0 Å². The first-order valence-electron chi connectivity index (χ1n) is 13.1. The number of hydrogen-bond acceptors (Lipinski definition) is 5. The van der Waals surface area contributed by atoms with E-state index in [2.05, 4.69) is 10.6 Å². The van der Waals surface area contributed by atoms with Crippen LogP contribution in [-0.4, -0.2) is 50.7 Å². The summed E-state index contributed by atoms with van der Waals surface area (Å²) in [5.41, 5.74) is 0. The molecular formula is C28H33ClFN3O4S2. The molecule has 1 saturated carbocycles. The molecule has 2 aromatic carbocycles. The van der Waals surface area contributed by atoms with Gasteiger partial charge in [0.15, 0.2) is 0 Å². The summed E-state index contributed by atoms with van der Waals surface area (Å²) in [6, 6.07) is 12.1. The number of hydrogen-bond donors (Lipinski definition) is 2. The molecule has 1 fully saturated rings. The molecule has 0 saturated heterocycles. The van der Waals surface area contributed by atoms with Crippen molar-refractivity contribution in [3.05, 3.63) is 64.2 Å². The number of fused-ring (bicyclic) bond motifs is 1. The summed E-state index contributed by atoms with van der Waals surface area (Å²) in [6.07, 6.45) is 6.44. The van der Waals surface area contributed by atoms with Crippen LogP contribution in [-0.2, 0) is 14.8 Å². The molecule has 0 aliphatic heterocycles. The maximum atomic E-state index is 13.3. The number of benzene rings is 2. The zero-order chi connectivity index (χ0) is 28.0. The average Bonchev–Trinajstić information content (AvgIpc) is 3.35. The fraction of sp³-hybridized carbons (Fsp3) is 0.429. The van der Waals surface area contributed by atoms with Crippen LogP contribution in [0.4, 0.5) is 4.39 Å². The fourth-order valence-corrected chi connectivity index (χ4v) is 7.60. The Morgan fingerprint density at radius 1 is 1.13 bits per heavy atom. The van der Waals surface area contributed by atoms with Crippen LogP contribution >= 0.6 is 22.9 Å². The number of thiophene rings is 1. The number of carbonyl (C=O) groups excluding carboxylic acids is 2. The van der Waals surface area contributed by atoms with Crippen molar-refractivity contribution in [2.45, 2.75) is 55.9 Å². The highest BCUT2D eigenvalue weighted by Crippen LogP contribution is 2.29. The highest BCUT2D eigenvalue weighted by atomic mass is 35.5. The molecule has 3 aromatic rings. The zero-order valence-corrected chi connectivity index (χ0v) is 24.2. The maximum Gasteiger partial charge on any atom is 0.262 e. The Labute approximate surface area is 237 Å². The average molecular weight is 594 g/mol. The monoisotopic (exact) mass is 593 g/mol. The van der Waals surface area contributed by atoms with Gasteiger partial charge in [-0.05, 0) is 54.5 Å². The summed E-state index contributed by atoms with van der Waals surface area (Å²) in [7, 11) is -2.50. The van der Waals surface area contributed by atoms with Crippen molar-refractivity contribution < 1.29 is 22.4 Å². The van der Waals surface area contributed by atoms with Crippen molar-refractivity contribution in [2.75, 3.05) is 20.1 Å². The molecule has 0 bridgehead atoms. The van der Waals surface area contributed by atoms with Crippen LogP contribution in [0, 0.1) is 11.7 Å². The topological polar surface area (TPSA) is 95.6 Å². The van der Waals surface area contributed by atoms with E-state index in [4.69, 9.17) is 11.6 Å². The minimum absolute atomic E-state index is 0.123. The van der Waals surface area contributed by atoms with Gasteiger partial charge in [-0.1, -0.05) is 61.9 Å². The van der Waals surface area contributed by atoms with E-state index in [0.29, 0.717) is 23.6 Å². The van der Waals surface area contributed by atoms with Crippen LogP contribution in [0.15, 0.2) is 53.4 Å². The molecule has 4 rings (SSSR count). The predicted molar refractivity (Wildman–Crippen MR) is 153 cm³/mol. The van der Waals surface area contributed by atoms with Gasteiger partial charge in [0.1, 0.15) is 16.8 Å². The Balaban J connectivity index is 1.35. The highest BCUT2D eigenvalue weighted by Gasteiger charge is 2.27. The third kappa shape index (κ3) is 7.57. The molecule has 2 N–H and O–H groups in total. The molecule has 1 atom stereocenters. The van der Waals surface area contributed by atoms with Gasteiger partial charge < -0.3 is 10.6 Å². The minimum Gasteiger partial charge on any atom is -0.354 e. The molecule has 0 spiro atoms. The summed E-state index contributed by atoms with van der Waals surface area (Å²) in [4.78, 5) is 26.7. The zero-order valence-electron chi connectivity index (χ0n) is 21.8. The lowest BCUT2D eigenvalue weighted by molar-refractivity contribution is -0.123. The molecular weight excluding hydrogens is 561 g/mol. The van der Waals surface area contributed by atoms with Gasteiger partial charge in [0, 0.05) is 24.8 Å². The molecule has 210 valence electrons. The van der Waals surface area contributed by atoms with Crippen LogP contribution < -0.4 is 10.6 Å². The Morgan fingerprint density at radius 3 is 2.59 bits per heavy atom. The Hall–Kier alpha value is -2.53. The normalized spacial score (nSPS) is 15.4. The van der Waals surface area contributed by atoms with Crippen molar-refractivity contribution in [2.24, 2.45) is 5.92 Å². The molecule has 7 nitrogen and oxygen atoms in total. The van der Waals surface area contributed by atoms with E-state index in [0.717, 1.165) is 58.3 Å². The Morgan fingerprint density at radius 2 is 1.87 bits per heavy atom. The maximum absolute atomic E-state index is 13.3. The van der Waals surface area contributed by atoms with Gasteiger partial charge in [-0.25, -0.2) is 17.1 Å². The van der Waals surface area contributed by atoms with Gasteiger partial charge in [0.25, 0.3) is 5.91 Å². The van der Waals surface area contributed by atoms with Gasteiger partial charge in [0.2, 0.25) is 15.9 Å². The van der Waals surface area contributed by atoms with Crippen LogP contribution in [0.1, 0.15) is 54.6 Å². The van der Waals surface area contributed by atoms with Crippen LogP contribution in [0.5, 0.6) is 0 Å². The lowest BCUT2D eigenvalue weighted by Crippen LogP contribution is -2.48. The second-order valence-corrected chi connectivity index (χ2v) is 13.5. The minimum atomic E-state index is -3.91. The molecule has 39 heavy (non-hydrogen) atoms. The van der Waals surface area contributed by atoms with E-state index in [1.54, 1.807) is 0 Å². The third-order valence-corrected chi connectivity index (χ3v) is 10.6. The number of rotatable bonds is 11. The molecule has 0 unspecified atom stereocenters. The third-order valence-electron chi connectivity index (χ3n) is 7.10. The van der Waals surface area contributed by atoms with Crippen molar-refractivity contribution >= 4 is 54.9 Å². The predicted octanol–water partition coefficient (Wildman–Crippen LogP) is 5.59. The van der Waals surface area contributed by atoms with Crippen molar-refractivity contribution in [1.82, 2.24) is 14.9 Å². The molecule has 1 heterocycles. The van der Waals surface area contributed by atoms with Gasteiger partial charge in [-0.15, -0.1) is 11.3 Å². The van der Waals surface area contributed by atoms with Crippen LogP contribution in [0.25, 0.3) is 10.1 Å². The lowest BCUT2D eigenvalue weighted by Gasteiger charge is -2.26. The SMILES string of the molecule is CN(CCCNC(=O)[C@H](CC1CCCCC1)NC(=O)c1cc2ccccc2s1)S(=O)(=O)c1ccc(F)cc1Cl. The fourth-order valence-electron chi connectivity index (χ4n) is 4.92. The quantitative estimate of drug-likeness (QED) is 0.283. The van der Waals surface area contributed by atoms with Crippen molar-refractivity contribution in [3.63, 3.8) is 0 Å². The number of halogens is 2. The van der Waals surface area contributed by atoms with Gasteiger partial charge in [-0.2, -0.15) is 0 Å². The first-order valence-corrected chi connectivity index (χ1v) is 15.8. The first kappa shape index (κ1) is 29.5. The summed E-state index contributed by atoms with van der Waals surface area (Å²) >= 11 is 7.34. The molecule has 1 aliphatic rings. The van der Waals surface area contributed by atoms with Crippen molar-refractivity contribution in [3.8, 4) is 0 Å². The number of carbonyl (C=O) groups is 2. The van der Waals surface area contributed by atoms with E-state index < -0.39 is 21.9 Å². The molecule has 1 aromatic heterocycles. The molecule has 11 heteroatoms. The molecule has 2 amide bonds. The number of amides is 2. The second-order valence-electron chi connectivity index (χ2n) is 9.96. The molecule has 1 aliphatic carbocycles. The number of nitrogens with one attached hydrogen (secondary N) is 2. The van der Waals surface area contributed by atoms with Gasteiger partial charge in [-0.3, -0.25) is 9.59 Å². The van der Waals surface area contributed by atoms with E-state index in [9.17, 15) is 22.4 Å². The Kier molecular flexibility index (Phi) is 9.98. The van der Waals surface area contributed by atoms with Gasteiger partial charge >= 0.3 is 0 Å². The van der Waals surface area contributed by atoms with E-state index in [-0.39, 0.29) is 34.8 Å². The highest BCUT2D eigenvalue weighted by molar-refractivity contribution is 7.89. The summed E-state index contributed by atoms with van der Waals surface area (Å²) < 4.78 is 41.1. The standard InChI is InChI=1S/C28H33ClFN3O4S2/c1-33(39(36,37)26-13-12-21(30)18-22(26)29)15-7-14-31-27(34)23(16-19-8-3-2-4-9-19)32-28(35)25-17-20-10-5-6-11-24(20)38-25/h5-6,10-13,17-19,23H,2-4,7-9,14-16H2,1H3,(H,31,34)(H,32,35)/t23-/m0/s1. The van der Waals surface area contributed by atoms with E-state index >= 15 is 0 Å². The van der Waals surface area contributed by atoms with Crippen molar-refractivity contribution in [1.29, 1.82) is 0 Å². The Bertz CT molecular complexity index is 1390. The smallest absolute Gasteiger partial charge is 0.262 e. The summed E-state index contributed by atoms with van der Waals surface area (Å²) in [5, 5.41) is 6.63. The van der Waals surface area contributed by atoms with E-state index in [1.165, 1.54) is 24.8 Å². The summed E-state index contributed by atoms with van der Waals surface area (Å²) in [5.74, 6) is -0.795. The molecule has 0 radical (unpaired) electrons.